The van der Waals surface area contributed by atoms with Crippen molar-refractivity contribution < 1.29 is 0 Å². The molecule has 0 radical (unpaired) electrons. The highest BCUT2D eigenvalue weighted by Gasteiger charge is 2.20. The zero-order valence-electron chi connectivity index (χ0n) is 11.2. The SMILES string of the molecule is CSCC1CCN(c2ccnc3cnccc23)CC1. The number of fused-ring (bicyclic) bond motifs is 1. The van der Waals surface area contributed by atoms with E-state index in [2.05, 4.69) is 33.3 Å². The van der Waals surface area contributed by atoms with Crippen LogP contribution in [0.3, 0.4) is 0 Å². The van der Waals surface area contributed by atoms with E-state index in [4.69, 9.17) is 0 Å². The van der Waals surface area contributed by atoms with Crippen LogP contribution in [-0.2, 0) is 0 Å². The lowest BCUT2D eigenvalue weighted by molar-refractivity contribution is 0.446. The van der Waals surface area contributed by atoms with Crippen molar-refractivity contribution in [3.05, 3.63) is 30.7 Å². The minimum absolute atomic E-state index is 0.890. The van der Waals surface area contributed by atoms with Gasteiger partial charge >= 0.3 is 0 Å². The molecule has 19 heavy (non-hydrogen) atoms. The highest BCUT2D eigenvalue weighted by molar-refractivity contribution is 7.98. The van der Waals surface area contributed by atoms with Crippen molar-refractivity contribution in [3.8, 4) is 0 Å². The molecule has 1 aliphatic rings. The largest absolute Gasteiger partial charge is 0.371 e. The van der Waals surface area contributed by atoms with E-state index < -0.39 is 0 Å². The summed E-state index contributed by atoms with van der Waals surface area (Å²) in [4.78, 5) is 11.0. The maximum Gasteiger partial charge on any atom is 0.0905 e. The lowest BCUT2D eigenvalue weighted by Gasteiger charge is -2.34. The van der Waals surface area contributed by atoms with E-state index in [1.165, 1.54) is 29.7 Å². The van der Waals surface area contributed by atoms with Gasteiger partial charge in [0.25, 0.3) is 0 Å². The average molecular weight is 273 g/mol. The Hall–Kier alpha value is -1.29. The fraction of sp³-hybridized carbons (Fsp3) is 0.467. The number of aromatic nitrogens is 2. The van der Waals surface area contributed by atoms with Gasteiger partial charge in [0.2, 0.25) is 0 Å². The zero-order chi connectivity index (χ0) is 13.1. The van der Waals surface area contributed by atoms with Crippen LogP contribution >= 0.6 is 11.8 Å². The predicted molar refractivity (Wildman–Crippen MR) is 82.9 cm³/mol. The Bertz CT molecular complexity index is 545. The molecule has 0 atom stereocenters. The van der Waals surface area contributed by atoms with Crippen LogP contribution in [0.1, 0.15) is 12.8 Å². The molecule has 1 saturated heterocycles. The average Bonchev–Trinajstić information content (AvgIpc) is 2.48. The van der Waals surface area contributed by atoms with E-state index in [-0.39, 0.29) is 0 Å². The van der Waals surface area contributed by atoms with Gasteiger partial charge in [-0.3, -0.25) is 9.97 Å². The number of rotatable bonds is 3. The van der Waals surface area contributed by atoms with Crippen molar-refractivity contribution in [2.75, 3.05) is 30.0 Å². The molecule has 0 saturated carbocycles. The Morgan fingerprint density at radius 3 is 2.89 bits per heavy atom. The summed E-state index contributed by atoms with van der Waals surface area (Å²) in [5.74, 6) is 2.19. The summed E-state index contributed by atoms with van der Waals surface area (Å²) in [6.45, 7) is 2.32. The first-order chi connectivity index (χ1) is 9.38. The van der Waals surface area contributed by atoms with Crippen LogP contribution in [0.5, 0.6) is 0 Å². The molecule has 3 rings (SSSR count). The van der Waals surface area contributed by atoms with Crippen molar-refractivity contribution in [2.24, 2.45) is 5.92 Å². The molecule has 0 unspecified atom stereocenters. The molecule has 0 spiro atoms. The second-order valence-corrected chi connectivity index (χ2v) is 6.02. The quantitative estimate of drug-likeness (QED) is 0.858. The molecule has 1 aliphatic heterocycles. The minimum Gasteiger partial charge on any atom is -0.371 e. The summed E-state index contributed by atoms with van der Waals surface area (Å²) in [6.07, 6.45) is 10.4. The number of anilines is 1. The standard InChI is InChI=1S/C15H19N3S/c1-19-11-12-4-8-18(9-5-12)15-3-7-17-14-10-16-6-2-13(14)15/h2-3,6-7,10,12H,4-5,8-9,11H2,1H3. The van der Waals surface area contributed by atoms with Gasteiger partial charge in [-0.05, 0) is 42.9 Å². The Kier molecular flexibility index (Phi) is 3.87. The molecular weight excluding hydrogens is 254 g/mol. The van der Waals surface area contributed by atoms with Gasteiger partial charge in [-0.15, -0.1) is 0 Å². The molecule has 3 nitrogen and oxygen atoms in total. The van der Waals surface area contributed by atoms with E-state index in [9.17, 15) is 0 Å². The third-order valence-electron chi connectivity index (χ3n) is 3.88. The van der Waals surface area contributed by atoms with Crippen LogP contribution in [0, 0.1) is 5.92 Å². The molecule has 100 valence electrons. The van der Waals surface area contributed by atoms with E-state index in [1.807, 2.05) is 30.4 Å². The lowest BCUT2D eigenvalue weighted by atomic mass is 9.98. The monoisotopic (exact) mass is 273 g/mol. The molecule has 0 amide bonds. The van der Waals surface area contributed by atoms with Gasteiger partial charge < -0.3 is 4.90 Å². The van der Waals surface area contributed by atoms with Gasteiger partial charge in [0.05, 0.1) is 11.7 Å². The summed E-state index contributed by atoms with van der Waals surface area (Å²) < 4.78 is 0. The second-order valence-electron chi connectivity index (χ2n) is 5.11. The molecule has 1 fully saturated rings. The summed E-state index contributed by atoms with van der Waals surface area (Å²) in [7, 11) is 0. The molecule has 2 aromatic heterocycles. The van der Waals surface area contributed by atoms with E-state index in [1.54, 1.807) is 0 Å². The fourth-order valence-corrected chi connectivity index (χ4v) is 3.64. The molecule has 0 N–H and O–H groups in total. The third-order valence-corrected chi connectivity index (χ3v) is 4.68. The molecule has 3 heterocycles. The van der Waals surface area contributed by atoms with E-state index >= 15 is 0 Å². The smallest absolute Gasteiger partial charge is 0.0905 e. The summed E-state index contributed by atoms with van der Waals surface area (Å²) in [6, 6.07) is 4.21. The highest BCUT2D eigenvalue weighted by atomic mass is 32.2. The molecule has 0 bridgehead atoms. The van der Waals surface area contributed by atoms with Crippen LogP contribution in [0.2, 0.25) is 0 Å². The van der Waals surface area contributed by atoms with Crippen LogP contribution in [0.4, 0.5) is 5.69 Å². The first-order valence-corrected chi connectivity index (χ1v) is 8.20. The Balaban J connectivity index is 1.82. The maximum absolute atomic E-state index is 4.39. The topological polar surface area (TPSA) is 29.0 Å². The van der Waals surface area contributed by atoms with Crippen LogP contribution in [0.15, 0.2) is 30.7 Å². The summed E-state index contributed by atoms with van der Waals surface area (Å²) in [5.41, 5.74) is 2.31. The predicted octanol–water partition coefficient (Wildman–Crippen LogP) is 3.21. The molecule has 2 aromatic rings. The maximum atomic E-state index is 4.39. The van der Waals surface area contributed by atoms with Gasteiger partial charge in [-0.1, -0.05) is 0 Å². The van der Waals surface area contributed by atoms with Crippen LogP contribution < -0.4 is 4.90 Å². The van der Waals surface area contributed by atoms with Crippen LogP contribution in [0.25, 0.3) is 10.9 Å². The van der Waals surface area contributed by atoms with Crippen molar-refractivity contribution in [3.63, 3.8) is 0 Å². The van der Waals surface area contributed by atoms with Crippen molar-refractivity contribution in [1.29, 1.82) is 0 Å². The summed E-state index contributed by atoms with van der Waals surface area (Å²) in [5, 5.41) is 1.22. The van der Waals surface area contributed by atoms with E-state index in [0.29, 0.717) is 0 Å². The van der Waals surface area contributed by atoms with Gasteiger partial charge in [0, 0.05) is 36.6 Å². The van der Waals surface area contributed by atoms with Crippen molar-refractivity contribution in [2.45, 2.75) is 12.8 Å². The third kappa shape index (κ3) is 2.68. The Morgan fingerprint density at radius 2 is 2.11 bits per heavy atom. The molecule has 4 heteroatoms. The lowest BCUT2D eigenvalue weighted by Crippen LogP contribution is -2.34. The van der Waals surface area contributed by atoms with Gasteiger partial charge in [-0.25, -0.2) is 0 Å². The second kappa shape index (κ2) is 5.78. The number of nitrogens with zero attached hydrogens (tertiary/aromatic N) is 3. The van der Waals surface area contributed by atoms with Crippen LogP contribution in [-0.4, -0.2) is 35.1 Å². The zero-order valence-corrected chi connectivity index (χ0v) is 12.1. The fourth-order valence-electron chi connectivity index (χ4n) is 2.84. The first-order valence-electron chi connectivity index (χ1n) is 6.81. The van der Waals surface area contributed by atoms with Gasteiger partial charge in [0.15, 0.2) is 0 Å². The number of thioether (sulfide) groups is 1. The number of piperidine rings is 1. The van der Waals surface area contributed by atoms with E-state index in [0.717, 1.165) is 24.5 Å². The van der Waals surface area contributed by atoms with Crippen molar-refractivity contribution in [1.82, 2.24) is 9.97 Å². The Morgan fingerprint density at radius 1 is 1.26 bits per heavy atom. The number of hydrogen-bond acceptors (Lipinski definition) is 4. The summed E-state index contributed by atoms with van der Waals surface area (Å²) >= 11 is 1.97. The molecule has 0 aromatic carbocycles. The van der Waals surface area contributed by atoms with Crippen molar-refractivity contribution >= 4 is 28.4 Å². The highest BCUT2D eigenvalue weighted by Crippen LogP contribution is 2.29. The van der Waals surface area contributed by atoms with Gasteiger partial charge in [-0.2, -0.15) is 11.8 Å². The minimum atomic E-state index is 0.890. The molecular formula is C15H19N3S. The number of pyridine rings is 2. The first kappa shape index (κ1) is 12.7. The molecule has 0 aliphatic carbocycles. The van der Waals surface area contributed by atoms with Gasteiger partial charge in [0.1, 0.15) is 0 Å². The number of hydrogen-bond donors (Lipinski definition) is 0. The normalized spacial score (nSPS) is 17.0. The Labute approximate surface area is 118 Å².